The van der Waals surface area contributed by atoms with Gasteiger partial charge >= 0.3 is 0 Å². The fourth-order valence-electron chi connectivity index (χ4n) is 5.50. The van der Waals surface area contributed by atoms with E-state index in [1.165, 1.54) is 57.8 Å². The van der Waals surface area contributed by atoms with Crippen LogP contribution in [0.1, 0.15) is 64.7 Å². The topological polar surface area (TPSA) is 0 Å². The zero-order chi connectivity index (χ0) is 12.9. The molecule has 102 valence electrons. The summed E-state index contributed by atoms with van der Waals surface area (Å²) >= 11 is 0. The highest BCUT2D eigenvalue weighted by Gasteiger charge is 2.47. The molecule has 0 heterocycles. The Bertz CT molecular complexity index is 476. The Kier molecular flexibility index (Phi) is 2.76. The molecule has 0 bridgehead atoms. The molecule has 1 saturated carbocycles. The monoisotopic (exact) mass is 254 g/mol. The molecular weight excluding hydrogens is 228 g/mol. The van der Waals surface area contributed by atoms with Crippen molar-refractivity contribution >= 4 is 0 Å². The fourth-order valence-corrected chi connectivity index (χ4v) is 5.50. The molecule has 0 saturated heterocycles. The summed E-state index contributed by atoms with van der Waals surface area (Å²) in [6, 6.07) is 0. The Morgan fingerprint density at radius 3 is 3.05 bits per heavy atom. The molecule has 4 rings (SSSR count). The summed E-state index contributed by atoms with van der Waals surface area (Å²) in [7, 11) is 0. The van der Waals surface area contributed by atoms with Gasteiger partial charge in [-0.2, -0.15) is 0 Å². The van der Waals surface area contributed by atoms with Gasteiger partial charge in [-0.05, 0) is 85.3 Å². The number of hydrogen-bond acceptors (Lipinski definition) is 0. The number of rotatable bonds is 1. The molecule has 0 aromatic carbocycles. The molecule has 0 nitrogen and oxygen atoms in total. The molecule has 4 aliphatic carbocycles. The average Bonchev–Trinajstić information content (AvgIpc) is 2.91. The first-order valence-electron chi connectivity index (χ1n) is 8.46. The van der Waals surface area contributed by atoms with Crippen molar-refractivity contribution in [1.82, 2.24) is 0 Å². The van der Waals surface area contributed by atoms with Crippen molar-refractivity contribution in [3.63, 3.8) is 0 Å². The second-order valence-electron chi connectivity index (χ2n) is 7.12. The molecule has 0 aromatic heterocycles. The molecule has 0 aromatic rings. The summed E-state index contributed by atoms with van der Waals surface area (Å²) in [5.74, 6) is 1.87. The van der Waals surface area contributed by atoms with Crippen LogP contribution in [0, 0.1) is 17.3 Å². The summed E-state index contributed by atoms with van der Waals surface area (Å²) in [6.45, 7) is 2.41. The van der Waals surface area contributed by atoms with Gasteiger partial charge in [-0.1, -0.05) is 31.6 Å². The molecule has 0 unspecified atom stereocenters. The van der Waals surface area contributed by atoms with E-state index in [0.717, 1.165) is 11.8 Å². The van der Waals surface area contributed by atoms with E-state index >= 15 is 0 Å². The van der Waals surface area contributed by atoms with Crippen molar-refractivity contribution in [3.05, 3.63) is 34.9 Å². The molecule has 0 aliphatic heterocycles. The number of allylic oxidation sites excluding steroid dienone is 6. The largest absolute Gasteiger partial charge is 0.0810 e. The lowest BCUT2D eigenvalue weighted by molar-refractivity contribution is 0.183. The van der Waals surface area contributed by atoms with Crippen molar-refractivity contribution in [2.75, 3.05) is 0 Å². The van der Waals surface area contributed by atoms with Gasteiger partial charge in [0.1, 0.15) is 0 Å². The summed E-state index contributed by atoms with van der Waals surface area (Å²) in [5, 5.41) is 0. The molecule has 3 atom stereocenters. The predicted molar refractivity (Wildman–Crippen MR) is 80.9 cm³/mol. The third-order valence-electron chi connectivity index (χ3n) is 6.52. The van der Waals surface area contributed by atoms with Crippen molar-refractivity contribution in [2.45, 2.75) is 64.7 Å². The average molecular weight is 254 g/mol. The standard InChI is InChI=1S/C19H26/c1-2-19-12-5-8-18(19)17-10-9-14-6-3-4-7-15(14)16(17)11-13-19/h6,11,13,17-18H,2-5,7-10,12H2,1H3/t17-,18+,19+/m1/s1. The highest BCUT2D eigenvalue weighted by atomic mass is 14.5. The SMILES string of the molecule is CC[C@]12C=CC3=C4CCCC=C4CC[C@H]3[C@@H]1CCC2. The first kappa shape index (κ1) is 12.0. The lowest BCUT2D eigenvalue weighted by Crippen LogP contribution is -2.35. The van der Waals surface area contributed by atoms with Gasteiger partial charge in [-0.25, -0.2) is 0 Å². The van der Waals surface area contributed by atoms with Crippen LogP contribution in [0.15, 0.2) is 34.9 Å². The van der Waals surface area contributed by atoms with Gasteiger partial charge in [0.2, 0.25) is 0 Å². The minimum absolute atomic E-state index is 0.574. The van der Waals surface area contributed by atoms with Crippen LogP contribution in [-0.2, 0) is 0 Å². The van der Waals surface area contributed by atoms with E-state index in [4.69, 9.17) is 0 Å². The Labute approximate surface area is 117 Å². The van der Waals surface area contributed by atoms with Gasteiger partial charge in [0.15, 0.2) is 0 Å². The van der Waals surface area contributed by atoms with Crippen molar-refractivity contribution < 1.29 is 0 Å². The minimum Gasteiger partial charge on any atom is -0.0810 e. The molecule has 0 N–H and O–H groups in total. The lowest BCUT2D eigenvalue weighted by atomic mass is 9.59. The van der Waals surface area contributed by atoms with Gasteiger partial charge < -0.3 is 0 Å². The summed E-state index contributed by atoms with van der Waals surface area (Å²) in [4.78, 5) is 0. The third kappa shape index (κ3) is 1.65. The first-order chi connectivity index (χ1) is 9.34. The second kappa shape index (κ2) is 4.36. The van der Waals surface area contributed by atoms with Gasteiger partial charge in [0, 0.05) is 0 Å². The van der Waals surface area contributed by atoms with Gasteiger partial charge in [-0.15, -0.1) is 0 Å². The highest BCUT2D eigenvalue weighted by molar-refractivity contribution is 5.48. The van der Waals surface area contributed by atoms with Crippen LogP contribution in [0.4, 0.5) is 0 Å². The quantitative estimate of drug-likeness (QED) is 0.574. The van der Waals surface area contributed by atoms with Crippen molar-refractivity contribution in [2.24, 2.45) is 17.3 Å². The zero-order valence-corrected chi connectivity index (χ0v) is 12.3. The van der Waals surface area contributed by atoms with Crippen LogP contribution in [0.3, 0.4) is 0 Å². The van der Waals surface area contributed by atoms with Gasteiger partial charge in [-0.3, -0.25) is 0 Å². The van der Waals surface area contributed by atoms with E-state index in [0.29, 0.717) is 5.41 Å². The smallest absolute Gasteiger partial charge is 0.00836 e. The Hall–Kier alpha value is -0.780. The van der Waals surface area contributed by atoms with E-state index in [-0.39, 0.29) is 0 Å². The van der Waals surface area contributed by atoms with E-state index in [1.807, 2.05) is 0 Å². The van der Waals surface area contributed by atoms with Crippen LogP contribution in [-0.4, -0.2) is 0 Å². The third-order valence-corrected chi connectivity index (χ3v) is 6.52. The van der Waals surface area contributed by atoms with Crippen LogP contribution in [0.5, 0.6) is 0 Å². The van der Waals surface area contributed by atoms with Crippen molar-refractivity contribution in [1.29, 1.82) is 0 Å². The van der Waals surface area contributed by atoms with E-state index in [9.17, 15) is 0 Å². The zero-order valence-electron chi connectivity index (χ0n) is 12.3. The maximum Gasteiger partial charge on any atom is -0.00836 e. The first-order valence-corrected chi connectivity index (χ1v) is 8.46. The van der Waals surface area contributed by atoms with Crippen LogP contribution < -0.4 is 0 Å². The normalized spacial score (nSPS) is 40.6. The van der Waals surface area contributed by atoms with Gasteiger partial charge in [0.05, 0.1) is 0 Å². The molecular formula is C19H26. The van der Waals surface area contributed by atoms with Crippen molar-refractivity contribution in [3.8, 4) is 0 Å². The van der Waals surface area contributed by atoms with E-state index in [2.05, 4.69) is 25.2 Å². The summed E-state index contributed by atoms with van der Waals surface area (Å²) in [5.41, 5.74) is 5.80. The maximum absolute atomic E-state index is 2.63. The Balaban J connectivity index is 1.81. The van der Waals surface area contributed by atoms with Gasteiger partial charge in [0.25, 0.3) is 0 Å². The maximum atomic E-state index is 2.63. The lowest BCUT2D eigenvalue weighted by Gasteiger charge is -2.45. The summed E-state index contributed by atoms with van der Waals surface area (Å²) < 4.78 is 0. The predicted octanol–water partition coefficient (Wildman–Crippen LogP) is 5.57. The molecule has 0 heteroatoms. The van der Waals surface area contributed by atoms with Crippen LogP contribution >= 0.6 is 0 Å². The molecule has 0 spiro atoms. The number of hydrogen-bond donors (Lipinski definition) is 0. The molecule has 19 heavy (non-hydrogen) atoms. The van der Waals surface area contributed by atoms with Crippen LogP contribution in [0.25, 0.3) is 0 Å². The Morgan fingerprint density at radius 1 is 1.21 bits per heavy atom. The molecule has 1 fully saturated rings. The molecule has 0 radical (unpaired) electrons. The fraction of sp³-hybridized carbons (Fsp3) is 0.684. The molecule has 4 aliphatic rings. The molecule has 0 amide bonds. The highest BCUT2D eigenvalue weighted by Crippen LogP contribution is 2.58. The minimum atomic E-state index is 0.574. The Morgan fingerprint density at radius 2 is 2.16 bits per heavy atom. The van der Waals surface area contributed by atoms with E-state index in [1.54, 1.807) is 16.7 Å². The summed E-state index contributed by atoms with van der Waals surface area (Å²) in [6.07, 6.45) is 20.3. The van der Waals surface area contributed by atoms with Crippen LogP contribution in [0.2, 0.25) is 0 Å². The second-order valence-corrected chi connectivity index (χ2v) is 7.12. The van der Waals surface area contributed by atoms with E-state index < -0.39 is 0 Å². The number of fused-ring (bicyclic) bond motifs is 4.